The van der Waals surface area contributed by atoms with Crippen molar-refractivity contribution in [2.45, 2.75) is 223 Å². The first-order valence-electron chi connectivity index (χ1n) is 30.6. The van der Waals surface area contributed by atoms with Crippen molar-refractivity contribution < 1.29 is 57.8 Å². The van der Waals surface area contributed by atoms with Crippen LogP contribution in [0, 0.1) is 41.4 Å². The van der Waals surface area contributed by atoms with Crippen molar-refractivity contribution >= 4 is 65.0 Å². The van der Waals surface area contributed by atoms with E-state index in [4.69, 9.17) is 0 Å². The van der Waals surface area contributed by atoms with Crippen molar-refractivity contribution in [3.8, 4) is 0 Å². The standard InChI is InChI=1S/C62H111N11O12/c1-25-27-28-40(15)52(75)51-56(79)65-43(26-2)58(81)67(18)33-48(74)68(19)44(29-34(3)4)55(78)66-49(38(11)12)61(84)69(20)45(30-35(5)6)54(77)63-41(16)53(76)64-42(17)57(80)70(21)46(31-36(7)8)59(82)71(22)47(32-37(9)10)60(83)72(23)50(39(13)14)62(85)73(51)24/h25,27,34-47,49-52,75H,26,28-33H2,1-24H3,(H,63,77)(H,64,76)(H,65,79)(H,66,78)/t40-,41+,42-,43+,44+,45+,46+,47+,49+,50?,51+,52-/m1/s1. The minimum absolute atomic E-state index is 0.0229. The molecule has 0 spiro atoms. The maximum absolute atomic E-state index is 15.1. The molecule has 0 aromatic rings. The van der Waals surface area contributed by atoms with E-state index in [2.05, 4.69) is 21.3 Å². The zero-order valence-corrected chi connectivity index (χ0v) is 56.1. The second kappa shape index (κ2) is 34.9. The summed E-state index contributed by atoms with van der Waals surface area (Å²) in [6, 6.07) is -12.3. The van der Waals surface area contributed by atoms with Gasteiger partial charge in [-0.3, -0.25) is 52.7 Å². The molecule has 0 saturated carbocycles. The summed E-state index contributed by atoms with van der Waals surface area (Å²) in [5.41, 5.74) is 0. The Hall–Kier alpha value is -6.13. The smallest absolute Gasteiger partial charge is 0.246 e. The van der Waals surface area contributed by atoms with Crippen molar-refractivity contribution in [2.24, 2.45) is 41.4 Å². The lowest BCUT2D eigenvalue weighted by Crippen LogP contribution is -2.63. The molecule has 1 heterocycles. The molecule has 5 N–H and O–H groups in total. The lowest BCUT2D eigenvalue weighted by atomic mass is 9.91. The number of aliphatic hydroxyl groups is 1. The van der Waals surface area contributed by atoms with Gasteiger partial charge in [0.15, 0.2) is 0 Å². The molecule has 23 nitrogen and oxygen atoms in total. The van der Waals surface area contributed by atoms with Crippen molar-refractivity contribution in [1.29, 1.82) is 0 Å². The Balaban J connectivity index is 4.32. The first-order chi connectivity index (χ1) is 39.2. The Morgan fingerprint density at radius 1 is 0.459 bits per heavy atom. The van der Waals surface area contributed by atoms with Crippen LogP contribution in [0.3, 0.4) is 0 Å². The molecule has 1 fully saturated rings. The van der Waals surface area contributed by atoms with Gasteiger partial charge in [-0.25, -0.2) is 0 Å². The van der Waals surface area contributed by atoms with E-state index in [0.29, 0.717) is 6.42 Å². The van der Waals surface area contributed by atoms with Crippen LogP contribution >= 0.6 is 0 Å². The fourth-order valence-electron chi connectivity index (χ4n) is 10.7. The molecule has 0 aromatic heterocycles. The third-order valence-corrected chi connectivity index (χ3v) is 16.1. The molecule has 1 aliphatic rings. The van der Waals surface area contributed by atoms with E-state index in [-0.39, 0.29) is 55.8 Å². The van der Waals surface area contributed by atoms with Gasteiger partial charge < -0.3 is 60.7 Å². The van der Waals surface area contributed by atoms with Crippen LogP contribution in [-0.4, -0.2) is 227 Å². The Bertz CT molecular complexity index is 2330. The van der Waals surface area contributed by atoms with Gasteiger partial charge in [0.25, 0.3) is 0 Å². The Morgan fingerprint density at radius 3 is 1.32 bits per heavy atom. The zero-order chi connectivity index (χ0) is 66.0. The first kappa shape index (κ1) is 76.9. The number of nitrogens with zero attached hydrogens (tertiary/aromatic N) is 7. The molecule has 1 saturated heterocycles. The molecule has 1 rings (SSSR count). The molecule has 11 amide bonds. The largest absolute Gasteiger partial charge is 0.390 e. The van der Waals surface area contributed by atoms with Gasteiger partial charge in [-0.2, -0.15) is 0 Å². The maximum atomic E-state index is 15.1. The fourth-order valence-corrected chi connectivity index (χ4v) is 10.7. The monoisotopic (exact) mass is 1200 g/mol. The number of carbonyl (C=O) groups is 11. The van der Waals surface area contributed by atoms with Gasteiger partial charge >= 0.3 is 0 Å². The minimum atomic E-state index is -1.61. The number of hydrogen-bond donors (Lipinski definition) is 5. The van der Waals surface area contributed by atoms with Gasteiger partial charge in [0.05, 0.1) is 12.6 Å². The summed E-state index contributed by atoms with van der Waals surface area (Å²) in [5.74, 6) is -9.71. The minimum Gasteiger partial charge on any atom is -0.390 e. The van der Waals surface area contributed by atoms with Gasteiger partial charge in [0, 0.05) is 49.3 Å². The SMILES string of the molecule is CC=CC[C@@H](C)[C@@H](O)[C@H]1C(=O)N[C@@H](CC)C(=O)N(C)CC(=O)N(C)[C@@H](CC(C)C)C(=O)N[C@@H](C(C)C)C(=O)N(C)[C@@H](CC(C)C)C(=O)N[C@@H](C)C(=O)N[C@H](C)C(=O)N(C)[C@@H](CC(C)C)C(=O)N(C)[C@@H](CC(C)C)C(=O)N(C)C(C(C)C)C(=O)N1C. The van der Waals surface area contributed by atoms with Gasteiger partial charge in [0.2, 0.25) is 65.0 Å². The highest BCUT2D eigenvalue weighted by Gasteiger charge is 2.45. The summed E-state index contributed by atoms with van der Waals surface area (Å²) in [5, 5.41) is 23.1. The van der Waals surface area contributed by atoms with Crippen LogP contribution in [0.15, 0.2) is 12.2 Å². The summed E-state index contributed by atoms with van der Waals surface area (Å²) in [6.45, 7) is 29.3. The van der Waals surface area contributed by atoms with Crippen molar-refractivity contribution in [3.05, 3.63) is 12.2 Å². The van der Waals surface area contributed by atoms with Crippen LogP contribution < -0.4 is 21.3 Å². The summed E-state index contributed by atoms with van der Waals surface area (Å²) in [7, 11) is 9.92. The van der Waals surface area contributed by atoms with E-state index in [1.807, 2.05) is 61.5 Å². The average Bonchev–Trinajstić information content (AvgIpc) is 3.62. The Kier molecular flexibility index (Phi) is 31.5. The van der Waals surface area contributed by atoms with Gasteiger partial charge in [-0.15, -0.1) is 0 Å². The number of aliphatic hydroxyl groups excluding tert-OH is 1. The van der Waals surface area contributed by atoms with E-state index in [9.17, 15) is 48.3 Å². The maximum Gasteiger partial charge on any atom is 0.246 e. The molecule has 0 aromatic carbocycles. The number of carbonyl (C=O) groups excluding carboxylic acids is 11. The molecule has 1 aliphatic heterocycles. The average molecular weight is 1200 g/mol. The number of amides is 11. The fraction of sp³-hybridized carbons (Fsp3) is 0.790. The van der Waals surface area contributed by atoms with Crippen LogP contribution in [0.5, 0.6) is 0 Å². The highest BCUT2D eigenvalue weighted by atomic mass is 16.3. The topological polar surface area (TPSA) is 279 Å². The first-order valence-corrected chi connectivity index (χ1v) is 30.6. The van der Waals surface area contributed by atoms with Crippen LogP contribution in [0.1, 0.15) is 156 Å². The number of rotatable bonds is 15. The van der Waals surface area contributed by atoms with E-state index in [1.54, 1.807) is 54.5 Å². The highest BCUT2D eigenvalue weighted by Crippen LogP contribution is 2.26. The lowest BCUT2D eigenvalue weighted by Gasteiger charge is -2.41. The summed E-state index contributed by atoms with van der Waals surface area (Å²) < 4.78 is 0. The molecule has 12 atom stereocenters. The number of hydrogen-bond acceptors (Lipinski definition) is 12. The van der Waals surface area contributed by atoms with Crippen LogP contribution in [0.2, 0.25) is 0 Å². The molecule has 0 radical (unpaired) electrons. The van der Waals surface area contributed by atoms with Gasteiger partial charge in [-0.05, 0) is 101 Å². The third-order valence-electron chi connectivity index (χ3n) is 16.1. The molecule has 0 aliphatic carbocycles. The van der Waals surface area contributed by atoms with E-state index >= 15 is 9.59 Å². The van der Waals surface area contributed by atoms with Crippen LogP contribution in [-0.2, 0) is 52.7 Å². The van der Waals surface area contributed by atoms with Crippen LogP contribution in [0.4, 0.5) is 0 Å². The zero-order valence-electron chi connectivity index (χ0n) is 56.1. The van der Waals surface area contributed by atoms with Crippen molar-refractivity contribution in [3.63, 3.8) is 0 Å². The molecular formula is C62H111N11O12. The van der Waals surface area contributed by atoms with Gasteiger partial charge in [0.1, 0.15) is 60.4 Å². The highest BCUT2D eigenvalue weighted by molar-refractivity contribution is 5.99. The summed E-state index contributed by atoms with van der Waals surface area (Å²) in [6.07, 6.45) is 3.04. The molecule has 85 heavy (non-hydrogen) atoms. The molecule has 1 unspecified atom stereocenters. The number of likely N-dealkylation sites (N-methyl/N-ethyl adjacent to an activating group) is 7. The van der Waals surface area contributed by atoms with E-state index < -0.39 is 156 Å². The van der Waals surface area contributed by atoms with Crippen molar-refractivity contribution in [2.75, 3.05) is 55.9 Å². The van der Waals surface area contributed by atoms with E-state index in [0.717, 1.165) is 9.80 Å². The number of nitrogens with one attached hydrogen (secondary N) is 4. The third kappa shape index (κ3) is 21.7. The summed E-state index contributed by atoms with van der Waals surface area (Å²) >= 11 is 0. The van der Waals surface area contributed by atoms with Crippen molar-refractivity contribution in [1.82, 2.24) is 55.6 Å². The quantitative estimate of drug-likeness (QED) is 0.148. The second-order valence-electron chi connectivity index (χ2n) is 26.1. The van der Waals surface area contributed by atoms with Crippen LogP contribution in [0.25, 0.3) is 0 Å². The number of allylic oxidation sites excluding steroid dienone is 2. The Morgan fingerprint density at radius 2 is 0.871 bits per heavy atom. The predicted molar refractivity (Wildman–Crippen MR) is 328 cm³/mol. The molecule has 23 heteroatoms. The predicted octanol–water partition coefficient (Wildman–Crippen LogP) is 3.27. The normalized spacial score (nSPS) is 26.9. The van der Waals surface area contributed by atoms with Gasteiger partial charge in [-0.1, -0.05) is 109 Å². The summed E-state index contributed by atoms with van der Waals surface area (Å²) in [4.78, 5) is 169. The lowest BCUT2D eigenvalue weighted by molar-refractivity contribution is -0.157. The second-order valence-corrected chi connectivity index (χ2v) is 26.1. The van der Waals surface area contributed by atoms with E-state index in [1.165, 1.54) is 87.7 Å². The molecule has 0 bridgehead atoms. The Labute approximate surface area is 508 Å². The molecule has 486 valence electrons. The molecular weight excluding hydrogens is 1090 g/mol.